The molecule has 0 radical (unpaired) electrons. The number of likely N-dealkylation sites (N-methyl/N-ethyl adjacent to an activating group) is 1. The van der Waals surface area contributed by atoms with Gasteiger partial charge in [-0.1, -0.05) is 6.42 Å². The molecule has 3 heteroatoms. The minimum Gasteiger partial charge on any atom is -0.316 e. The fourth-order valence-corrected chi connectivity index (χ4v) is 2.48. The summed E-state index contributed by atoms with van der Waals surface area (Å²) in [6.07, 6.45) is 3.05. The lowest BCUT2D eigenvalue weighted by Gasteiger charge is -2.19. The lowest BCUT2D eigenvalue weighted by Crippen LogP contribution is -2.28. The van der Waals surface area contributed by atoms with Crippen LogP contribution in [-0.2, 0) is 0 Å². The Balaban J connectivity index is 2.31. The molecule has 1 N–H and O–H groups in total. The van der Waals surface area contributed by atoms with E-state index in [0.717, 1.165) is 19.3 Å². The van der Waals surface area contributed by atoms with Gasteiger partial charge in [-0.2, -0.15) is 0 Å². The van der Waals surface area contributed by atoms with Crippen LogP contribution in [0.4, 0.5) is 8.78 Å². The fourth-order valence-electron chi connectivity index (χ4n) is 2.48. The van der Waals surface area contributed by atoms with Crippen molar-refractivity contribution in [3.8, 4) is 0 Å². The minimum atomic E-state index is -0.354. The molecule has 0 aromatic heterocycles. The van der Waals surface area contributed by atoms with Crippen LogP contribution in [0.25, 0.3) is 0 Å². The molecule has 0 aliphatic heterocycles. The van der Waals surface area contributed by atoms with Crippen LogP contribution in [0.2, 0.25) is 0 Å². The Morgan fingerprint density at radius 2 is 2.07 bits per heavy atom. The third-order valence-electron chi connectivity index (χ3n) is 3.24. The Morgan fingerprint density at radius 3 is 2.80 bits per heavy atom. The first-order valence-electron chi connectivity index (χ1n) is 5.34. The molecule has 2 atom stereocenters. The molecule has 1 aromatic carbocycles. The van der Waals surface area contributed by atoms with Gasteiger partial charge in [0.15, 0.2) is 0 Å². The first kappa shape index (κ1) is 10.6. The maximum atomic E-state index is 13.5. The molecule has 0 bridgehead atoms. The summed E-state index contributed by atoms with van der Waals surface area (Å²) in [5.74, 6) is -0.526. The summed E-state index contributed by atoms with van der Waals surface area (Å²) in [5.41, 5.74) is 0.520. The van der Waals surface area contributed by atoms with Gasteiger partial charge in [0.05, 0.1) is 0 Å². The van der Waals surface area contributed by atoms with Crippen molar-refractivity contribution in [3.05, 3.63) is 35.4 Å². The highest BCUT2D eigenvalue weighted by molar-refractivity contribution is 5.25. The summed E-state index contributed by atoms with van der Waals surface area (Å²) >= 11 is 0. The van der Waals surface area contributed by atoms with E-state index in [2.05, 4.69) is 5.32 Å². The normalized spacial score (nSPS) is 25.8. The summed E-state index contributed by atoms with van der Waals surface area (Å²) in [5, 5.41) is 3.17. The molecule has 1 aliphatic rings. The van der Waals surface area contributed by atoms with Crippen LogP contribution in [0.1, 0.15) is 30.7 Å². The Morgan fingerprint density at radius 1 is 1.27 bits per heavy atom. The predicted octanol–water partition coefficient (Wildman–Crippen LogP) is 2.82. The van der Waals surface area contributed by atoms with Crippen molar-refractivity contribution < 1.29 is 8.78 Å². The third-order valence-corrected chi connectivity index (χ3v) is 3.24. The molecule has 1 aromatic rings. The molecular weight excluding hydrogens is 196 g/mol. The number of hydrogen-bond acceptors (Lipinski definition) is 1. The van der Waals surface area contributed by atoms with E-state index in [0.29, 0.717) is 5.56 Å². The zero-order valence-corrected chi connectivity index (χ0v) is 8.76. The molecule has 0 spiro atoms. The maximum absolute atomic E-state index is 13.5. The number of halogens is 2. The van der Waals surface area contributed by atoms with Gasteiger partial charge in [-0.05, 0) is 43.7 Å². The smallest absolute Gasteiger partial charge is 0.126 e. The number of nitrogens with one attached hydrogen (secondary N) is 1. The van der Waals surface area contributed by atoms with Gasteiger partial charge in [-0.15, -0.1) is 0 Å². The Hall–Kier alpha value is -0.960. The van der Waals surface area contributed by atoms with Crippen LogP contribution in [0.3, 0.4) is 0 Å². The highest BCUT2D eigenvalue weighted by Gasteiger charge is 2.29. The van der Waals surface area contributed by atoms with Crippen LogP contribution in [-0.4, -0.2) is 13.1 Å². The van der Waals surface area contributed by atoms with E-state index < -0.39 is 0 Å². The van der Waals surface area contributed by atoms with E-state index in [1.165, 1.54) is 18.2 Å². The average molecular weight is 211 g/mol. The molecule has 0 saturated heterocycles. The number of benzene rings is 1. The van der Waals surface area contributed by atoms with E-state index in [4.69, 9.17) is 0 Å². The summed E-state index contributed by atoms with van der Waals surface area (Å²) in [7, 11) is 1.88. The second kappa shape index (κ2) is 4.27. The molecule has 1 saturated carbocycles. The Bertz CT molecular complexity index is 351. The van der Waals surface area contributed by atoms with Gasteiger partial charge < -0.3 is 5.32 Å². The Kier molecular flexibility index (Phi) is 3.00. The highest BCUT2D eigenvalue weighted by Crippen LogP contribution is 2.35. The lowest BCUT2D eigenvalue weighted by atomic mass is 9.93. The summed E-state index contributed by atoms with van der Waals surface area (Å²) in [6.45, 7) is 0. The number of rotatable bonds is 2. The minimum absolute atomic E-state index is 0.116. The molecule has 1 aliphatic carbocycles. The fraction of sp³-hybridized carbons (Fsp3) is 0.500. The van der Waals surface area contributed by atoms with Gasteiger partial charge in [-0.3, -0.25) is 0 Å². The summed E-state index contributed by atoms with van der Waals surface area (Å²) in [4.78, 5) is 0. The molecule has 2 rings (SSSR count). The molecule has 0 heterocycles. The van der Waals surface area contributed by atoms with Crippen LogP contribution in [0.5, 0.6) is 0 Å². The highest BCUT2D eigenvalue weighted by atomic mass is 19.1. The summed E-state index contributed by atoms with van der Waals surface area (Å²) in [6, 6.07) is 3.99. The second-order valence-corrected chi connectivity index (χ2v) is 4.10. The van der Waals surface area contributed by atoms with Gasteiger partial charge in [0.2, 0.25) is 0 Å². The van der Waals surface area contributed by atoms with E-state index >= 15 is 0 Å². The summed E-state index contributed by atoms with van der Waals surface area (Å²) < 4.78 is 26.6. The molecule has 1 fully saturated rings. The van der Waals surface area contributed by atoms with Crippen molar-refractivity contribution in [2.24, 2.45) is 0 Å². The first-order chi connectivity index (χ1) is 7.22. The quantitative estimate of drug-likeness (QED) is 0.793. The van der Waals surface area contributed by atoms with E-state index in [-0.39, 0.29) is 23.6 Å². The average Bonchev–Trinajstić information content (AvgIpc) is 2.69. The van der Waals surface area contributed by atoms with Crippen molar-refractivity contribution in [3.63, 3.8) is 0 Å². The van der Waals surface area contributed by atoms with Gasteiger partial charge in [0.25, 0.3) is 0 Å². The van der Waals surface area contributed by atoms with Crippen LogP contribution < -0.4 is 5.32 Å². The van der Waals surface area contributed by atoms with Gasteiger partial charge >= 0.3 is 0 Å². The zero-order valence-electron chi connectivity index (χ0n) is 8.76. The largest absolute Gasteiger partial charge is 0.316 e. The molecule has 2 unspecified atom stereocenters. The molecule has 82 valence electrons. The third kappa shape index (κ3) is 2.02. The molecule has 0 amide bonds. The first-order valence-corrected chi connectivity index (χ1v) is 5.34. The zero-order chi connectivity index (χ0) is 10.8. The molecule has 15 heavy (non-hydrogen) atoms. The van der Waals surface area contributed by atoms with Crippen molar-refractivity contribution in [2.45, 2.75) is 31.2 Å². The maximum Gasteiger partial charge on any atom is 0.126 e. The van der Waals surface area contributed by atoms with E-state index in [1.54, 1.807) is 0 Å². The second-order valence-electron chi connectivity index (χ2n) is 4.10. The standard InChI is InChI=1S/C12H15F2N/c1-15-12-4-2-3-9(12)10-7-8(13)5-6-11(10)14/h5-7,9,12,15H,2-4H2,1H3. The van der Waals surface area contributed by atoms with Crippen molar-refractivity contribution in [2.75, 3.05) is 7.05 Å². The predicted molar refractivity (Wildman–Crippen MR) is 55.8 cm³/mol. The van der Waals surface area contributed by atoms with Crippen molar-refractivity contribution in [1.29, 1.82) is 0 Å². The van der Waals surface area contributed by atoms with Crippen molar-refractivity contribution >= 4 is 0 Å². The van der Waals surface area contributed by atoms with Gasteiger partial charge in [-0.25, -0.2) is 8.78 Å². The Labute approximate surface area is 88.5 Å². The molecular formula is C12H15F2N. The van der Waals surface area contributed by atoms with E-state index in [9.17, 15) is 8.78 Å². The topological polar surface area (TPSA) is 12.0 Å². The SMILES string of the molecule is CNC1CCCC1c1cc(F)ccc1F. The van der Waals surface area contributed by atoms with Gasteiger partial charge in [0.1, 0.15) is 11.6 Å². The van der Waals surface area contributed by atoms with Crippen molar-refractivity contribution in [1.82, 2.24) is 5.32 Å². The number of hydrogen-bond donors (Lipinski definition) is 1. The monoisotopic (exact) mass is 211 g/mol. The van der Waals surface area contributed by atoms with Crippen LogP contribution in [0.15, 0.2) is 18.2 Å². The van der Waals surface area contributed by atoms with Crippen LogP contribution in [0, 0.1) is 11.6 Å². The molecule has 1 nitrogen and oxygen atoms in total. The van der Waals surface area contributed by atoms with Crippen LogP contribution >= 0.6 is 0 Å². The van der Waals surface area contributed by atoms with E-state index in [1.807, 2.05) is 7.05 Å². The lowest BCUT2D eigenvalue weighted by molar-refractivity contribution is 0.492. The van der Waals surface area contributed by atoms with Gasteiger partial charge in [0, 0.05) is 12.0 Å².